The van der Waals surface area contributed by atoms with Gasteiger partial charge in [0.25, 0.3) is 0 Å². The van der Waals surface area contributed by atoms with Crippen LogP contribution in [0.25, 0.3) is 49.2 Å². The zero-order chi connectivity index (χ0) is 49.8. The molecule has 5 aromatic carbocycles. The Kier molecular flexibility index (Phi) is 16.2. The van der Waals surface area contributed by atoms with Gasteiger partial charge < -0.3 is 53.8 Å². The summed E-state index contributed by atoms with van der Waals surface area (Å²) >= 11 is 0. The fraction of sp³-hybridized carbons (Fsp3) is 0.537. The number of aliphatic hydroxyl groups excluding tert-OH is 2. The Balaban J connectivity index is 1.25. The van der Waals surface area contributed by atoms with Crippen LogP contribution < -0.4 is 20.9 Å². The third kappa shape index (κ3) is 9.91. The number of carbonyl (C=O) groups is 3. The van der Waals surface area contributed by atoms with E-state index in [9.17, 15) is 39.3 Å². The summed E-state index contributed by atoms with van der Waals surface area (Å²) in [5, 5.41) is 41.3. The minimum atomic E-state index is -0.897. The average Bonchev–Trinajstić information content (AvgIpc) is 3.47. The van der Waals surface area contributed by atoms with E-state index < -0.39 is 30.0 Å². The van der Waals surface area contributed by atoms with Gasteiger partial charge in [-0.2, -0.15) is 0 Å². The van der Waals surface area contributed by atoms with Crippen molar-refractivity contribution in [3.05, 3.63) is 66.0 Å². The maximum Gasteiger partial charge on any atom is 0.308 e. The lowest BCUT2D eigenvalue weighted by Gasteiger charge is -2.32. The molecule has 70 heavy (non-hydrogen) atoms. The number of aliphatic hydroxyl groups is 2. The lowest BCUT2D eigenvalue weighted by molar-refractivity contribution is -0.153. The van der Waals surface area contributed by atoms with Crippen LogP contribution in [-0.2, 0) is 62.4 Å². The van der Waals surface area contributed by atoms with Crippen molar-refractivity contribution in [2.24, 2.45) is 5.92 Å². The Hall–Kier alpha value is -5.49. The lowest BCUT2D eigenvalue weighted by Crippen LogP contribution is -2.32. The number of ether oxygens (including phenoxy) is 7. The second-order valence-electron chi connectivity index (χ2n) is 19.0. The molecule has 4 N–H and O–H groups in total. The number of Topliss-reactive ketones (excluding diaryl/α,β-unsaturated/α-hetero) is 1. The molecule has 0 bridgehead atoms. The van der Waals surface area contributed by atoms with Crippen molar-refractivity contribution >= 4 is 72.6 Å². The number of aromatic hydroxyl groups is 1. The molecule has 0 aliphatic heterocycles. The van der Waals surface area contributed by atoms with E-state index in [0.29, 0.717) is 144 Å². The molecular weight excluding hydrogens is 903 g/mol. The zero-order valence-corrected chi connectivity index (χ0v) is 40.8. The third-order valence-corrected chi connectivity index (χ3v) is 14.6. The van der Waals surface area contributed by atoms with Crippen molar-refractivity contribution in [2.75, 3.05) is 66.3 Å². The van der Waals surface area contributed by atoms with Crippen LogP contribution >= 0.6 is 0 Å². The Morgan fingerprint density at radius 1 is 0.657 bits per heavy atom. The topological polar surface area (TPSA) is 223 Å². The minimum Gasteiger partial charge on any atom is -0.507 e. The number of hydrogen-bond donors (Lipinski definition) is 4. The number of ketones is 1. The number of fused-ring (bicyclic) bond motifs is 1. The normalized spacial score (nSPS) is 20.3. The highest BCUT2D eigenvalue weighted by molar-refractivity contribution is 6.39. The van der Waals surface area contributed by atoms with Gasteiger partial charge in [0.05, 0.1) is 95.2 Å². The van der Waals surface area contributed by atoms with E-state index in [-0.39, 0.29) is 101 Å². The fourth-order valence-electron chi connectivity index (χ4n) is 11.4. The SMILES string of the molecule is COCCOCCC(=O)OC1CCC(Cc2c(O)c3c(=O)cc(CO)c4c5c(CO)cc(=O)c6c(NC7CCC(OC(=O)CCOCCOC)CC7)c(OC)c7c(c(c2C=C(C)C7C(C)=O)c34)c65)CC1. The van der Waals surface area contributed by atoms with Crippen molar-refractivity contribution in [1.29, 1.82) is 0 Å². The number of anilines is 1. The molecule has 0 heterocycles. The summed E-state index contributed by atoms with van der Waals surface area (Å²) in [4.78, 5) is 68.9. The molecule has 0 amide bonds. The summed E-state index contributed by atoms with van der Waals surface area (Å²) in [5.74, 6) is -1.67. The van der Waals surface area contributed by atoms with Crippen LogP contribution in [0, 0.1) is 5.92 Å². The molecule has 0 radical (unpaired) electrons. The van der Waals surface area contributed by atoms with Gasteiger partial charge in [-0.3, -0.25) is 24.0 Å². The largest absolute Gasteiger partial charge is 0.507 e. The molecule has 8 rings (SSSR count). The summed E-state index contributed by atoms with van der Waals surface area (Å²) in [7, 11) is 4.66. The van der Waals surface area contributed by atoms with Gasteiger partial charge in [-0.25, -0.2) is 0 Å². The van der Waals surface area contributed by atoms with Gasteiger partial charge in [-0.1, -0.05) is 11.6 Å². The third-order valence-electron chi connectivity index (χ3n) is 14.6. The highest BCUT2D eigenvalue weighted by Gasteiger charge is 2.38. The molecule has 16 heteroatoms. The van der Waals surface area contributed by atoms with E-state index >= 15 is 0 Å². The number of nitrogens with one attached hydrogen (secondary N) is 1. The van der Waals surface area contributed by atoms with E-state index in [1.807, 2.05) is 13.0 Å². The van der Waals surface area contributed by atoms with E-state index in [4.69, 9.17) is 33.2 Å². The predicted molar refractivity (Wildman–Crippen MR) is 264 cm³/mol. The molecule has 376 valence electrons. The molecular formula is C54H65NO15. The maximum absolute atomic E-state index is 14.8. The molecule has 0 spiro atoms. The van der Waals surface area contributed by atoms with Crippen LogP contribution in [0.15, 0.2) is 27.3 Å². The highest BCUT2D eigenvalue weighted by Crippen LogP contribution is 2.56. The van der Waals surface area contributed by atoms with Gasteiger partial charge >= 0.3 is 11.9 Å². The van der Waals surface area contributed by atoms with Gasteiger partial charge in [-0.15, -0.1) is 0 Å². The van der Waals surface area contributed by atoms with Crippen LogP contribution in [0.1, 0.15) is 112 Å². The van der Waals surface area contributed by atoms with Crippen molar-refractivity contribution in [2.45, 2.75) is 122 Å². The van der Waals surface area contributed by atoms with Crippen LogP contribution in [0.2, 0.25) is 0 Å². The van der Waals surface area contributed by atoms with E-state index in [2.05, 4.69) is 5.32 Å². The molecule has 16 nitrogen and oxygen atoms in total. The molecule has 3 aliphatic carbocycles. The molecule has 0 saturated heterocycles. The lowest BCUT2D eigenvalue weighted by atomic mass is 9.77. The average molecular weight is 968 g/mol. The molecule has 2 fully saturated rings. The Morgan fingerprint density at radius 3 is 1.70 bits per heavy atom. The Labute approximate surface area is 405 Å². The number of allylic oxidation sites excluding steroid dienone is 1. The van der Waals surface area contributed by atoms with Crippen molar-refractivity contribution in [3.63, 3.8) is 0 Å². The van der Waals surface area contributed by atoms with Crippen LogP contribution in [0.5, 0.6) is 11.5 Å². The summed E-state index contributed by atoms with van der Waals surface area (Å²) in [6.07, 6.45) is 6.78. The first-order chi connectivity index (χ1) is 33.8. The smallest absolute Gasteiger partial charge is 0.308 e. The Morgan fingerprint density at radius 2 is 1.19 bits per heavy atom. The zero-order valence-electron chi connectivity index (χ0n) is 40.8. The van der Waals surface area contributed by atoms with Crippen LogP contribution in [0.4, 0.5) is 5.69 Å². The van der Waals surface area contributed by atoms with Crippen molar-refractivity contribution in [1.82, 2.24) is 0 Å². The van der Waals surface area contributed by atoms with Gasteiger partial charge in [0, 0.05) is 42.2 Å². The number of methoxy groups -OCH3 is 3. The summed E-state index contributed by atoms with van der Waals surface area (Å²) in [6.45, 7) is 4.35. The number of phenolic OH excluding ortho intramolecular Hbond substituents is 1. The second-order valence-corrected chi connectivity index (χ2v) is 19.0. The van der Waals surface area contributed by atoms with Gasteiger partial charge in [0.2, 0.25) is 0 Å². The van der Waals surface area contributed by atoms with Crippen molar-refractivity contribution in [3.8, 4) is 11.5 Å². The number of rotatable bonds is 22. The molecule has 2 saturated carbocycles. The molecule has 0 aromatic heterocycles. The number of phenols is 1. The fourth-order valence-corrected chi connectivity index (χ4v) is 11.4. The summed E-state index contributed by atoms with van der Waals surface area (Å²) < 4.78 is 38.9. The van der Waals surface area contributed by atoms with Crippen LogP contribution in [0.3, 0.4) is 0 Å². The molecule has 1 unspecified atom stereocenters. The summed E-state index contributed by atoms with van der Waals surface area (Å²) in [6, 6.07) is 2.49. The van der Waals surface area contributed by atoms with Gasteiger partial charge in [0.1, 0.15) is 29.5 Å². The van der Waals surface area contributed by atoms with Gasteiger partial charge in [-0.05, 0) is 128 Å². The highest BCUT2D eigenvalue weighted by atomic mass is 16.6. The number of hydrogen-bond acceptors (Lipinski definition) is 16. The number of carbonyl (C=O) groups excluding carboxylic acids is 3. The first-order valence-corrected chi connectivity index (χ1v) is 24.5. The number of esters is 2. The summed E-state index contributed by atoms with van der Waals surface area (Å²) in [5.41, 5.74) is 2.23. The predicted octanol–water partition coefficient (Wildman–Crippen LogP) is 6.70. The van der Waals surface area contributed by atoms with E-state index in [1.165, 1.54) is 26.2 Å². The number of benzene rings is 5. The van der Waals surface area contributed by atoms with Crippen molar-refractivity contribution < 1.29 is 62.9 Å². The minimum absolute atomic E-state index is 0.0235. The molecule has 5 aromatic rings. The standard InChI is InChI=1S/C54H65NO15/c1-28-22-36-37(23-30-6-10-34(11-7-30)69-40(61)14-16-67-20-18-64-3)53(63)47-39(60)25-32(27-57)43-44-31(26-56)24-38(59)46-49(44)50(45(36)48(43)47)51(42(28)29(2)58)54(66-5)52(46)55-33-8-12-35(13-9-33)70-41(62)15-17-68-21-19-65-4/h22,24-25,30,33-35,42,55-57,63H,6-21,23,26-27H2,1-5H3. The molecule has 1 atom stereocenters. The quantitative estimate of drug-likeness (QED) is 0.0245. The second kappa shape index (κ2) is 22.3. The Bertz CT molecular complexity index is 2900. The van der Waals surface area contributed by atoms with Crippen LogP contribution in [-0.4, -0.2) is 112 Å². The monoisotopic (exact) mass is 967 g/mol. The first-order valence-electron chi connectivity index (χ1n) is 24.5. The molecule has 3 aliphatic rings. The van der Waals surface area contributed by atoms with E-state index in [1.54, 1.807) is 14.2 Å². The first kappa shape index (κ1) is 50.9. The maximum atomic E-state index is 14.8. The van der Waals surface area contributed by atoms with E-state index in [0.717, 1.165) is 0 Å². The van der Waals surface area contributed by atoms with Gasteiger partial charge in [0.15, 0.2) is 10.9 Å².